The Labute approximate surface area is 46.1 Å². The molecule has 0 aromatic carbocycles. The molecule has 31 valence electrons. The second kappa shape index (κ2) is 8.88. The number of hydrogen-bond acceptors (Lipinski definition) is 1. The van der Waals surface area contributed by atoms with Crippen molar-refractivity contribution in [1.82, 2.24) is 0 Å². The Hall–Kier alpha value is 0.202. The van der Waals surface area contributed by atoms with Gasteiger partial charge in [0, 0.05) is 20.4 Å². The van der Waals surface area contributed by atoms with Gasteiger partial charge >= 0.3 is 0 Å². The molecule has 0 atom stereocenters. The van der Waals surface area contributed by atoms with Gasteiger partial charge in [-0.05, 0) is 0 Å². The molecular formula is C3H6NRe-. The standard InChI is InChI=1S/C3H6N.Re/c1-3-4-2;/h3H,2H2,1H3;/q-1;. The van der Waals surface area contributed by atoms with Gasteiger partial charge in [0.05, 0.1) is 0 Å². The van der Waals surface area contributed by atoms with E-state index in [-0.39, 0.29) is 20.4 Å². The Morgan fingerprint density at radius 2 is 2.00 bits per heavy atom. The Bertz CT molecular complexity index is 20.9. The van der Waals surface area contributed by atoms with E-state index in [1.807, 2.05) is 6.92 Å². The summed E-state index contributed by atoms with van der Waals surface area (Å²) in [5.41, 5.74) is 0. The minimum atomic E-state index is 0. The van der Waals surface area contributed by atoms with Crippen LogP contribution in [0.3, 0.4) is 0 Å². The van der Waals surface area contributed by atoms with Crippen molar-refractivity contribution in [2.75, 3.05) is 0 Å². The van der Waals surface area contributed by atoms with Gasteiger partial charge in [-0.1, -0.05) is 6.92 Å². The first-order chi connectivity index (χ1) is 1.91. The average molecular weight is 242 g/mol. The maximum absolute atomic E-state index is 3.36. The van der Waals surface area contributed by atoms with Crippen molar-refractivity contribution in [2.45, 2.75) is 6.92 Å². The fourth-order valence-electron chi connectivity index (χ4n) is 0. The van der Waals surface area contributed by atoms with Gasteiger partial charge in [0.1, 0.15) is 0 Å². The van der Waals surface area contributed by atoms with E-state index in [1.165, 1.54) is 0 Å². The summed E-state index contributed by atoms with van der Waals surface area (Å²) in [6.07, 6.45) is 0. The van der Waals surface area contributed by atoms with Gasteiger partial charge < -0.3 is 4.99 Å². The van der Waals surface area contributed by atoms with Crippen LogP contribution in [0, 0.1) is 6.54 Å². The molecule has 0 unspecified atom stereocenters. The molecular weight excluding hydrogens is 236 g/mol. The molecule has 0 saturated carbocycles. The molecule has 0 spiro atoms. The first-order valence-electron chi connectivity index (χ1n) is 1.15. The predicted octanol–water partition coefficient (Wildman–Crippen LogP) is 0.866. The molecule has 0 N–H and O–H groups in total. The van der Waals surface area contributed by atoms with E-state index < -0.39 is 0 Å². The number of nitrogens with zero attached hydrogens (tertiary/aromatic N) is 1. The zero-order valence-corrected chi connectivity index (χ0v) is 5.83. The monoisotopic (exact) mass is 243 g/mol. The van der Waals surface area contributed by atoms with E-state index >= 15 is 0 Å². The van der Waals surface area contributed by atoms with E-state index in [0.717, 1.165) is 0 Å². The molecule has 5 heavy (non-hydrogen) atoms. The van der Waals surface area contributed by atoms with E-state index in [0.29, 0.717) is 0 Å². The van der Waals surface area contributed by atoms with Gasteiger partial charge in [-0.25, -0.2) is 0 Å². The molecule has 0 amide bonds. The summed E-state index contributed by atoms with van der Waals surface area (Å²) < 4.78 is 0. The van der Waals surface area contributed by atoms with Crippen LogP contribution in [0.5, 0.6) is 0 Å². The molecule has 0 aromatic rings. The van der Waals surface area contributed by atoms with Crippen LogP contribution in [0.15, 0.2) is 4.99 Å². The van der Waals surface area contributed by atoms with Gasteiger partial charge in [0.15, 0.2) is 0 Å². The Balaban J connectivity index is 0. The molecule has 0 saturated heterocycles. The Morgan fingerprint density at radius 1 is 1.80 bits per heavy atom. The van der Waals surface area contributed by atoms with Crippen LogP contribution in [0.2, 0.25) is 0 Å². The second-order valence-corrected chi connectivity index (χ2v) is 0.441. The third kappa shape index (κ3) is 14.1. The van der Waals surface area contributed by atoms with Crippen LogP contribution in [0.4, 0.5) is 0 Å². The van der Waals surface area contributed by atoms with E-state index in [9.17, 15) is 0 Å². The van der Waals surface area contributed by atoms with Gasteiger partial charge in [-0.2, -0.15) is 13.3 Å². The molecule has 0 bridgehead atoms. The second-order valence-electron chi connectivity index (χ2n) is 0.441. The predicted molar refractivity (Wildman–Crippen MR) is 19.5 cm³/mol. The summed E-state index contributed by atoms with van der Waals surface area (Å²) in [5, 5.41) is 0. The van der Waals surface area contributed by atoms with Crippen molar-refractivity contribution in [3.63, 3.8) is 0 Å². The molecule has 0 aromatic heterocycles. The third-order valence-corrected chi connectivity index (χ3v) is 0.183. The maximum Gasteiger partial charge on any atom is 0 e. The van der Waals surface area contributed by atoms with E-state index in [1.54, 1.807) is 6.54 Å². The summed E-state index contributed by atoms with van der Waals surface area (Å²) in [6.45, 7) is 6.64. The van der Waals surface area contributed by atoms with E-state index in [4.69, 9.17) is 0 Å². The minimum Gasteiger partial charge on any atom is -0.461 e. The molecule has 0 aliphatic heterocycles. The normalized spacial score (nSPS) is 4.20. The van der Waals surface area contributed by atoms with Crippen LogP contribution < -0.4 is 0 Å². The van der Waals surface area contributed by atoms with Gasteiger partial charge in [-0.3, -0.25) is 0 Å². The Morgan fingerprint density at radius 3 is 2.00 bits per heavy atom. The van der Waals surface area contributed by atoms with Crippen LogP contribution in [-0.2, 0) is 20.4 Å². The average Bonchev–Trinajstić information content (AvgIpc) is 1.37. The van der Waals surface area contributed by atoms with E-state index in [2.05, 4.69) is 11.7 Å². The van der Waals surface area contributed by atoms with Crippen LogP contribution in [0.25, 0.3) is 0 Å². The van der Waals surface area contributed by atoms with Crippen molar-refractivity contribution < 1.29 is 20.4 Å². The third-order valence-electron chi connectivity index (χ3n) is 0.183. The minimum absolute atomic E-state index is 0. The molecule has 0 fully saturated rings. The molecule has 0 aliphatic rings. The molecule has 0 heterocycles. The number of rotatable bonds is 1. The number of aliphatic imine (C=N–C) groups is 1. The molecule has 2 heteroatoms. The fourth-order valence-corrected chi connectivity index (χ4v) is 0. The summed E-state index contributed by atoms with van der Waals surface area (Å²) >= 11 is 0. The molecule has 0 rings (SSSR count). The van der Waals surface area contributed by atoms with Gasteiger partial charge in [0.25, 0.3) is 0 Å². The summed E-state index contributed by atoms with van der Waals surface area (Å²) in [7, 11) is 0. The first kappa shape index (κ1) is 8.96. The quantitative estimate of drug-likeness (QED) is 0.478. The van der Waals surface area contributed by atoms with Crippen molar-refractivity contribution in [1.29, 1.82) is 0 Å². The van der Waals surface area contributed by atoms with Crippen molar-refractivity contribution in [3.05, 3.63) is 6.54 Å². The Kier molecular flexibility index (Phi) is 15.9. The molecule has 1 radical (unpaired) electrons. The van der Waals surface area contributed by atoms with Crippen LogP contribution >= 0.6 is 0 Å². The van der Waals surface area contributed by atoms with Gasteiger partial charge in [-0.15, -0.1) is 0 Å². The SMILES string of the molecule is C=N[CH-]C.[Re]. The zero-order valence-electron chi connectivity index (χ0n) is 3.11. The summed E-state index contributed by atoms with van der Waals surface area (Å²) in [4.78, 5) is 3.36. The summed E-state index contributed by atoms with van der Waals surface area (Å²) in [6, 6.07) is 0. The topological polar surface area (TPSA) is 12.4 Å². The van der Waals surface area contributed by atoms with Crippen LogP contribution in [-0.4, -0.2) is 6.72 Å². The zero-order chi connectivity index (χ0) is 3.41. The molecule has 1 nitrogen and oxygen atoms in total. The smallest absolute Gasteiger partial charge is 0 e. The van der Waals surface area contributed by atoms with Crippen molar-refractivity contribution >= 4 is 6.72 Å². The first-order valence-corrected chi connectivity index (χ1v) is 1.15. The largest absolute Gasteiger partial charge is 0.461 e. The van der Waals surface area contributed by atoms with Crippen molar-refractivity contribution in [3.8, 4) is 0 Å². The summed E-state index contributed by atoms with van der Waals surface area (Å²) in [5.74, 6) is 0. The number of hydrogen-bond donors (Lipinski definition) is 0. The van der Waals surface area contributed by atoms with Crippen LogP contribution in [0.1, 0.15) is 6.92 Å². The fraction of sp³-hybridized carbons (Fsp3) is 0.333. The van der Waals surface area contributed by atoms with Gasteiger partial charge in [0.2, 0.25) is 0 Å². The molecule has 0 aliphatic carbocycles. The van der Waals surface area contributed by atoms with Crippen molar-refractivity contribution in [2.24, 2.45) is 4.99 Å². The maximum atomic E-state index is 3.36.